The fourth-order valence-electron chi connectivity index (χ4n) is 2.53. The van der Waals surface area contributed by atoms with Crippen molar-refractivity contribution in [2.45, 2.75) is 39.7 Å². The summed E-state index contributed by atoms with van der Waals surface area (Å²) >= 11 is 0. The lowest BCUT2D eigenvalue weighted by atomic mass is 9.98. The largest absolute Gasteiger partial charge is 0.312 e. The first-order valence-corrected chi connectivity index (χ1v) is 6.38. The van der Waals surface area contributed by atoms with Crippen LogP contribution in [0.3, 0.4) is 0 Å². The summed E-state index contributed by atoms with van der Waals surface area (Å²) in [7, 11) is 0. The maximum Gasteiger partial charge on any atom is 0.0372 e. The second-order valence-corrected chi connectivity index (χ2v) is 5.11. The van der Waals surface area contributed by atoms with E-state index in [0.29, 0.717) is 0 Å². The highest BCUT2D eigenvalue weighted by Gasteiger charge is 2.22. The predicted octanol–water partition coefficient (Wildman–Crippen LogP) is 2.92. The van der Waals surface area contributed by atoms with E-state index in [-0.39, 0.29) is 0 Å². The molecule has 1 heterocycles. The van der Waals surface area contributed by atoms with Crippen LogP contribution < -0.4 is 5.32 Å². The van der Waals surface area contributed by atoms with E-state index >= 15 is 0 Å². The molecule has 0 saturated heterocycles. The van der Waals surface area contributed by atoms with Gasteiger partial charge in [-0.25, -0.2) is 0 Å². The van der Waals surface area contributed by atoms with E-state index in [1.54, 1.807) is 0 Å². The van der Waals surface area contributed by atoms with Gasteiger partial charge in [-0.2, -0.15) is 0 Å². The highest BCUT2D eigenvalue weighted by Crippen LogP contribution is 2.30. The Hall–Kier alpha value is -0.890. The van der Waals surface area contributed by atoms with Gasteiger partial charge >= 0.3 is 0 Å². The quantitative estimate of drug-likeness (QED) is 0.840. The molecule has 88 valence electrons. The zero-order valence-corrected chi connectivity index (χ0v) is 10.4. The van der Waals surface area contributed by atoms with E-state index in [4.69, 9.17) is 0 Å². The minimum Gasteiger partial charge on any atom is -0.312 e. The van der Waals surface area contributed by atoms with Crippen LogP contribution in [0.5, 0.6) is 0 Å². The topological polar surface area (TPSA) is 24.9 Å². The first-order valence-electron chi connectivity index (χ1n) is 6.38. The van der Waals surface area contributed by atoms with E-state index < -0.39 is 0 Å². The fourth-order valence-corrected chi connectivity index (χ4v) is 2.53. The van der Waals surface area contributed by atoms with Crippen molar-refractivity contribution in [3.8, 4) is 0 Å². The maximum atomic E-state index is 4.30. The van der Waals surface area contributed by atoms with Gasteiger partial charge in [0.25, 0.3) is 0 Å². The van der Waals surface area contributed by atoms with E-state index in [1.807, 2.05) is 13.1 Å². The van der Waals surface area contributed by atoms with Gasteiger partial charge in [0.05, 0.1) is 0 Å². The summed E-state index contributed by atoms with van der Waals surface area (Å²) in [6.45, 7) is 6.52. The highest BCUT2D eigenvalue weighted by molar-refractivity contribution is 5.12. The Morgan fingerprint density at radius 2 is 2.25 bits per heavy atom. The molecule has 2 heteroatoms. The summed E-state index contributed by atoms with van der Waals surface area (Å²) in [5, 5.41) is 3.55. The molecule has 1 saturated carbocycles. The van der Waals surface area contributed by atoms with Gasteiger partial charge in [0.15, 0.2) is 0 Å². The van der Waals surface area contributed by atoms with Crippen molar-refractivity contribution in [2.24, 2.45) is 11.8 Å². The number of nitrogens with zero attached hydrogens (tertiary/aromatic N) is 1. The summed E-state index contributed by atoms with van der Waals surface area (Å²) < 4.78 is 0. The van der Waals surface area contributed by atoms with Gasteiger partial charge in [0.1, 0.15) is 0 Å². The Morgan fingerprint density at radius 1 is 1.38 bits per heavy atom. The molecule has 0 spiro atoms. The van der Waals surface area contributed by atoms with E-state index in [9.17, 15) is 0 Å². The van der Waals surface area contributed by atoms with Gasteiger partial charge in [-0.05, 0) is 43.4 Å². The number of hydrogen-bond acceptors (Lipinski definition) is 2. The lowest BCUT2D eigenvalue weighted by Crippen LogP contribution is -2.23. The molecule has 0 amide bonds. The van der Waals surface area contributed by atoms with Crippen LogP contribution in [0.1, 0.15) is 37.4 Å². The third-order valence-corrected chi connectivity index (χ3v) is 3.75. The number of hydrogen-bond donors (Lipinski definition) is 1. The summed E-state index contributed by atoms with van der Waals surface area (Å²) in [4.78, 5) is 4.30. The van der Waals surface area contributed by atoms with Gasteiger partial charge in [-0.1, -0.05) is 25.8 Å². The third kappa shape index (κ3) is 3.05. The third-order valence-electron chi connectivity index (χ3n) is 3.75. The van der Waals surface area contributed by atoms with Crippen molar-refractivity contribution in [2.75, 3.05) is 6.54 Å². The molecule has 0 aromatic carbocycles. The van der Waals surface area contributed by atoms with Crippen LogP contribution in [0.2, 0.25) is 0 Å². The Bertz CT molecular complexity index is 318. The molecule has 16 heavy (non-hydrogen) atoms. The van der Waals surface area contributed by atoms with Crippen molar-refractivity contribution < 1.29 is 0 Å². The number of aryl methyl sites for hydroxylation is 1. The Morgan fingerprint density at radius 3 is 2.88 bits per heavy atom. The van der Waals surface area contributed by atoms with Crippen molar-refractivity contribution in [1.82, 2.24) is 10.3 Å². The number of pyridine rings is 1. The van der Waals surface area contributed by atoms with Crippen LogP contribution in [0.4, 0.5) is 0 Å². The SMILES string of the molecule is Cc1ccc(CNCC2CCCC2C)cn1. The molecule has 1 aliphatic rings. The van der Waals surface area contributed by atoms with Crippen LogP contribution in [-0.4, -0.2) is 11.5 Å². The number of nitrogens with one attached hydrogen (secondary N) is 1. The van der Waals surface area contributed by atoms with Crippen LogP contribution >= 0.6 is 0 Å². The fraction of sp³-hybridized carbons (Fsp3) is 0.643. The van der Waals surface area contributed by atoms with Crippen LogP contribution in [-0.2, 0) is 6.54 Å². The lowest BCUT2D eigenvalue weighted by molar-refractivity contribution is 0.392. The molecule has 2 nitrogen and oxygen atoms in total. The average molecular weight is 218 g/mol. The van der Waals surface area contributed by atoms with Gasteiger partial charge in [-0.3, -0.25) is 4.98 Å². The van der Waals surface area contributed by atoms with Gasteiger partial charge in [0.2, 0.25) is 0 Å². The summed E-state index contributed by atoms with van der Waals surface area (Å²) in [6, 6.07) is 4.24. The van der Waals surface area contributed by atoms with Crippen molar-refractivity contribution in [3.63, 3.8) is 0 Å². The summed E-state index contributed by atoms with van der Waals surface area (Å²) in [6.07, 6.45) is 6.21. The Labute approximate surface area is 98.5 Å². The first-order chi connectivity index (χ1) is 7.75. The molecular formula is C14H22N2. The Balaban J connectivity index is 1.73. The molecule has 1 fully saturated rings. The van der Waals surface area contributed by atoms with Gasteiger partial charge in [-0.15, -0.1) is 0 Å². The van der Waals surface area contributed by atoms with Gasteiger partial charge < -0.3 is 5.32 Å². The van der Waals surface area contributed by atoms with Crippen LogP contribution in [0.15, 0.2) is 18.3 Å². The zero-order valence-electron chi connectivity index (χ0n) is 10.4. The Kier molecular flexibility index (Phi) is 3.94. The second kappa shape index (κ2) is 5.44. The minimum absolute atomic E-state index is 0.887. The van der Waals surface area contributed by atoms with Crippen molar-refractivity contribution in [3.05, 3.63) is 29.6 Å². The molecule has 1 N–H and O–H groups in total. The molecule has 2 unspecified atom stereocenters. The highest BCUT2D eigenvalue weighted by atomic mass is 14.9. The molecule has 1 aromatic rings. The van der Waals surface area contributed by atoms with Crippen LogP contribution in [0.25, 0.3) is 0 Å². The molecule has 2 rings (SSSR count). The van der Waals surface area contributed by atoms with Crippen molar-refractivity contribution in [1.29, 1.82) is 0 Å². The van der Waals surface area contributed by atoms with E-state index in [1.165, 1.54) is 24.8 Å². The average Bonchev–Trinajstić information content (AvgIpc) is 2.68. The van der Waals surface area contributed by atoms with E-state index in [0.717, 1.165) is 30.6 Å². The maximum absolute atomic E-state index is 4.30. The minimum atomic E-state index is 0.887. The molecule has 0 aliphatic heterocycles. The second-order valence-electron chi connectivity index (χ2n) is 5.11. The first kappa shape index (κ1) is 11.6. The number of aromatic nitrogens is 1. The molecule has 1 aliphatic carbocycles. The molecule has 2 atom stereocenters. The van der Waals surface area contributed by atoms with Crippen LogP contribution in [0, 0.1) is 18.8 Å². The lowest BCUT2D eigenvalue weighted by Gasteiger charge is -2.15. The molecular weight excluding hydrogens is 196 g/mol. The molecule has 1 aromatic heterocycles. The van der Waals surface area contributed by atoms with Crippen molar-refractivity contribution >= 4 is 0 Å². The standard InChI is InChI=1S/C14H22N2/c1-11-4-3-5-14(11)10-15-8-13-7-6-12(2)16-9-13/h6-7,9,11,14-15H,3-5,8,10H2,1-2H3. The smallest absolute Gasteiger partial charge is 0.0372 e. The van der Waals surface area contributed by atoms with E-state index in [2.05, 4.69) is 29.4 Å². The monoisotopic (exact) mass is 218 g/mol. The molecule has 0 radical (unpaired) electrons. The zero-order chi connectivity index (χ0) is 11.4. The normalized spacial score (nSPS) is 24.9. The number of rotatable bonds is 4. The van der Waals surface area contributed by atoms with Gasteiger partial charge in [0, 0.05) is 18.4 Å². The molecule has 0 bridgehead atoms. The summed E-state index contributed by atoms with van der Waals surface area (Å²) in [5.74, 6) is 1.79. The predicted molar refractivity (Wildman–Crippen MR) is 67.2 cm³/mol. The summed E-state index contributed by atoms with van der Waals surface area (Å²) in [5.41, 5.74) is 2.38.